The fourth-order valence-electron chi connectivity index (χ4n) is 1.59. The van der Waals surface area contributed by atoms with Crippen LogP contribution < -0.4 is 4.74 Å². The van der Waals surface area contributed by atoms with E-state index in [0.717, 1.165) is 24.4 Å². The van der Waals surface area contributed by atoms with Gasteiger partial charge in [-0.15, -0.1) is 0 Å². The van der Waals surface area contributed by atoms with E-state index in [-0.39, 0.29) is 0 Å². The van der Waals surface area contributed by atoms with Crippen molar-refractivity contribution in [2.24, 2.45) is 0 Å². The van der Waals surface area contributed by atoms with Crippen LogP contribution in [0.15, 0.2) is 30.0 Å². The zero-order chi connectivity index (χ0) is 10.7. The van der Waals surface area contributed by atoms with Crippen LogP contribution in [0, 0.1) is 0 Å². The van der Waals surface area contributed by atoms with E-state index >= 15 is 0 Å². The number of rotatable bonds is 2. The largest absolute Gasteiger partial charge is 0.462 e. The summed E-state index contributed by atoms with van der Waals surface area (Å²) in [5, 5.41) is 1.09. The highest BCUT2D eigenvalue weighted by Crippen LogP contribution is 2.28. The minimum atomic E-state index is 0.533. The van der Waals surface area contributed by atoms with Crippen LogP contribution >= 0.6 is 23.2 Å². The fourth-order valence-corrected chi connectivity index (χ4v) is 1.88. The molecule has 1 nitrogen and oxygen atoms in total. The Hall–Kier alpha value is -0.660. The molecule has 0 saturated heterocycles. The van der Waals surface area contributed by atoms with E-state index in [1.165, 1.54) is 12.8 Å². The van der Waals surface area contributed by atoms with Crippen molar-refractivity contribution in [3.63, 3.8) is 0 Å². The number of allylic oxidation sites excluding steroid dienone is 2. The molecule has 0 radical (unpaired) electrons. The SMILES string of the molecule is Clc1ccc(OC2=CCCCC2)cc1Cl. The Balaban J connectivity index is 2.10. The molecule has 0 aromatic heterocycles. The van der Waals surface area contributed by atoms with Gasteiger partial charge >= 0.3 is 0 Å². The highest BCUT2D eigenvalue weighted by molar-refractivity contribution is 6.42. The molecule has 0 saturated carbocycles. The Morgan fingerprint density at radius 1 is 1.07 bits per heavy atom. The predicted octanol–water partition coefficient (Wildman–Crippen LogP) is 4.83. The number of ether oxygens (including phenoxy) is 1. The van der Waals surface area contributed by atoms with E-state index < -0.39 is 0 Å². The molecule has 0 heterocycles. The fraction of sp³-hybridized carbons (Fsp3) is 0.333. The van der Waals surface area contributed by atoms with Crippen LogP contribution in [-0.4, -0.2) is 0 Å². The number of halogens is 2. The average Bonchev–Trinajstić information content (AvgIpc) is 2.25. The number of hydrogen-bond acceptors (Lipinski definition) is 1. The van der Waals surface area contributed by atoms with Crippen molar-refractivity contribution in [1.29, 1.82) is 0 Å². The van der Waals surface area contributed by atoms with Gasteiger partial charge < -0.3 is 4.74 Å². The maximum Gasteiger partial charge on any atom is 0.128 e. The van der Waals surface area contributed by atoms with Gasteiger partial charge in [-0.1, -0.05) is 23.2 Å². The van der Waals surface area contributed by atoms with E-state index in [0.29, 0.717) is 10.0 Å². The molecule has 2 rings (SSSR count). The highest BCUT2D eigenvalue weighted by Gasteiger charge is 2.07. The highest BCUT2D eigenvalue weighted by atomic mass is 35.5. The third-order valence-electron chi connectivity index (χ3n) is 2.39. The molecular formula is C12H12Cl2O. The van der Waals surface area contributed by atoms with Gasteiger partial charge in [0, 0.05) is 12.5 Å². The quantitative estimate of drug-likeness (QED) is 0.722. The summed E-state index contributed by atoms with van der Waals surface area (Å²) >= 11 is 11.7. The predicted molar refractivity (Wildman–Crippen MR) is 63.6 cm³/mol. The van der Waals surface area contributed by atoms with Crippen molar-refractivity contribution in [2.75, 3.05) is 0 Å². The zero-order valence-corrected chi connectivity index (χ0v) is 9.81. The smallest absolute Gasteiger partial charge is 0.128 e. The molecule has 0 bridgehead atoms. The van der Waals surface area contributed by atoms with Crippen LogP contribution in [-0.2, 0) is 0 Å². The molecular weight excluding hydrogens is 231 g/mol. The van der Waals surface area contributed by atoms with Crippen LogP contribution in [0.1, 0.15) is 25.7 Å². The molecule has 3 heteroatoms. The van der Waals surface area contributed by atoms with E-state index in [1.54, 1.807) is 12.1 Å². The van der Waals surface area contributed by atoms with E-state index in [4.69, 9.17) is 27.9 Å². The minimum Gasteiger partial charge on any atom is -0.462 e. The first-order valence-electron chi connectivity index (χ1n) is 5.07. The summed E-state index contributed by atoms with van der Waals surface area (Å²) in [6.45, 7) is 0. The summed E-state index contributed by atoms with van der Waals surface area (Å²) in [6.07, 6.45) is 6.73. The van der Waals surface area contributed by atoms with Crippen LogP contribution in [0.4, 0.5) is 0 Å². The molecule has 1 aliphatic rings. The van der Waals surface area contributed by atoms with Gasteiger partial charge in [0.25, 0.3) is 0 Å². The summed E-state index contributed by atoms with van der Waals surface area (Å²) in [6, 6.07) is 5.34. The van der Waals surface area contributed by atoms with Crippen LogP contribution in [0.5, 0.6) is 5.75 Å². The lowest BCUT2D eigenvalue weighted by atomic mass is 10.1. The van der Waals surface area contributed by atoms with Gasteiger partial charge in [0.1, 0.15) is 11.5 Å². The molecule has 1 aliphatic carbocycles. The Bertz CT molecular complexity index is 385. The van der Waals surface area contributed by atoms with Gasteiger partial charge in [-0.3, -0.25) is 0 Å². The van der Waals surface area contributed by atoms with Gasteiger partial charge in [0.05, 0.1) is 10.0 Å². The number of benzene rings is 1. The van der Waals surface area contributed by atoms with Crippen LogP contribution in [0.2, 0.25) is 10.0 Å². The lowest BCUT2D eigenvalue weighted by molar-refractivity contribution is 0.384. The van der Waals surface area contributed by atoms with Gasteiger partial charge in [0.2, 0.25) is 0 Å². The Morgan fingerprint density at radius 2 is 1.93 bits per heavy atom. The van der Waals surface area contributed by atoms with E-state index in [9.17, 15) is 0 Å². The van der Waals surface area contributed by atoms with Crippen molar-refractivity contribution in [2.45, 2.75) is 25.7 Å². The Labute approximate surface area is 99.6 Å². The first-order valence-corrected chi connectivity index (χ1v) is 5.83. The topological polar surface area (TPSA) is 9.23 Å². The van der Waals surface area contributed by atoms with Gasteiger partial charge in [-0.2, -0.15) is 0 Å². The molecule has 0 aliphatic heterocycles. The van der Waals surface area contributed by atoms with Crippen molar-refractivity contribution in [3.05, 3.63) is 40.1 Å². The molecule has 0 spiro atoms. The maximum atomic E-state index is 5.90. The molecule has 0 fully saturated rings. The van der Waals surface area contributed by atoms with Crippen molar-refractivity contribution in [1.82, 2.24) is 0 Å². The van der Waals surface area contributed by atoms with Crippen LogP contribution in [0.25, 0.3) is 0 Å². The third kappa shape index (κ3) is 2.90. The molecule has 0 N–H and O–H groups in total. The maximum absolute atomic E-state index is 5.90. The number of hydrogen-bond donors (Lipinski definition) is 0. The molecule has 80 valence electrons. The lowest BCUT2D eigenvalue weighted by Gasteiger charge is -2.14. The molecule has 0 atom stereocenters. The summed E-state index contributed by atoms with van der Waals surface area (Å²) in [5.74, 6) is 1.80. The normalized spacial score (nSPS) is 16.0. The first-order chi connectivity index (χ1) is 7.25. The lowest BCUT2D eigenvalue weighted by Crippen LogP contribution is -1.99. The molecule has 0 amide bonds. The van der Waals surface area contributed by atoms with Crippen molar-refractivity contribution < 1.29 is 4.74 Å². The van der Waals surface area contributed by atoms with Gasteiger partial charge in [-0.25, -0.2) is 0 Å². The second kappa shape index (κ2) is 4.91. The first kappa shape index (κ1) is 10.8. The van der Waals surface area contributed by atoms with E-state index in [1.807, 2.05) is 6.07 Å². The summed E-state index contributed by atoms with van der Waals surface area (Å²) < 4.78 is 5.71. The molecule has 1 aromatic rings. The molecule has 1 aromatic carbocycles. The zero-order valence-electron chi connectivity index (χ0n) is 8.30. The van der Waals surface area contributed by atoms with E-state index in [2.05, 4.69) is 6.08 Å². The second-order valence-electron chi connectivity index (χ2n) is 3.59. The van der Waals surface area contributed by atoms with Crippen molar-refractivity contribution >= 4 is 23.2 Å². The molecule has 0 unspecified atom stereocenters. The summed E-state index contributed by atoms with van der Waals surface area (Å²) in [4.78, 5) is 0. The summed E-state index contributed by atoms with van der Waals surface area (Å²) in [5.41, 5.74) is 0. The molecule has 15 heavy (non-hydrogen) atoms. The van der Waals surface area contributed by atoms with Crippen LogP contribution in [0.3, 0.4) is 0 Å². The third-order valence-corrected chi connectivity index (χ3v) is 3.13. The standard InChI is InChI=1S/C12H12Cl2O/c13-11-7-6-10(8-12(11)14)15-9-4-2-1-3-5-9/h4,6-8H,1-3,5H2. The average molecular weight is 243 g/mol. The Kier molecular flexibility index (Phi) is 3.55. The Morgan fingerprint density at radius 3 is 2.60 bits per heavy atom. The summed E-state index contributed by atoms with van der Waals surface area (Å²) in [7, 11) is 0. The monoisotopic (exact) mass is 242 g/mol. The van der Waals surface area contributed by atoms with Gasteiger partial charge in [0.15, 0.2) is 0 Å². The van der Waals surface area contributed by atoms with Crippen molar-refractivity contribution in [3.8, 4) is 5.75 Å². The minimum absolute atomic E-state index is 0.533. The second-order valence-corrected chi connectivity index (χ2v) is 4.41. The van der Waals surface area contributed by atoms with Gasteiger partial charge in [-0.05, 0) is 37.5 Å².